The Labute approximate surface area is 113 Å². The van der Waals surface area contributed by atoms with Gasteiger partial charge in [-0.05, 0) is 49.3 Å². The molecule has 3 rings (SSSR count). The molecule has 0 bridgehead atoms. The Hall–Kier alpha value is -0.730. The van der Waals surface area contributed by atoms with Gasteiger partial charge in [0.05, 0.1) is 11.6 Å². The molecule has 2 N–H and O–H groups in total. The van der Waals surface area contributed by atoms with Gasteiger partial charge in [-0.2, -0.15) is 0 Å². The van der Waals surface area contributed by atoms with E-state index >= 15 is 0 Å². The number of nitrogens with two attached hydrogens (primary N) is 1. The fourth-order valence-electron chi connectivity index (χ4n) is 2.71. The fraction of sp³-hybridized carbons (Fsp3) is 0.600. The molecule has 0 aromatic heterocycles. The zero-order valence-corrected chi connectivity index (χ0v) is 11.4. The first-order chi connectivity index (χ1) is 8.67. The average molecular weight is 266 g/mol. The van der Waals surface area contributed by atoms with Crippen molar-refractivity contribution in [1.82, 2.24) is 0 Å². The Bertz CT molecular complexity index is 436. The molecule has 0 amide bonds. The van der Waals surface area contributed by atoms with E-state index in [1.807, 2.05) is 12.1 Å². The molecule has 0 heterocycles. The van der Waals surface area contributed by atoms with Crippen molar-refractivity contribution in [3.63, 3.8) is 0 Å². The molecule has 3 heteroatoms. The van der Waals surface area contributed by atoms with Crippen molar-refractivity contribution in [3.8, 4) is 5.75 Å². The van der Waals surface area contributed by atoms with Crippen LogP contribution in [0.2, 0.25) is 5.02 Å². The molecule has 98 valence electrons. The summed E-state index contributed by atoms with van der Waals surface area (Å²) in [6.45, 7) is 0.798. The van der Waals surface area contributed by atoms with Crippen LogP contribution in [-0.4, -0.2) is 6.61 Å². The van der Waals surface area contributed by atoms with Gasteiger partial charge < -0.3 is 10.5 Å². The van der Waals surface area contributed by atoms with Crippen molar-refractivity contribution < 1.29 is 4.74 Å². The van der Waals surface area contributed by atoms with Crippen molar-refractivity contribution in [3.05, 3.63) is 28.8 Å². The Morgan fingerprint density at radius 3 is 2.61 bits per heavy atom. The predicted octanol–water partition coefficient (Wildman–Crippen LogP) is 3.86. The third-order valence-corrected chi connectivity index (χ3v) is 4.47. The van der Waals surface area contributed by atoms with E-state index in [-0.39, 0.29) is 5.54 Å². The molecule has 2 aliphatic carbocycles. The summed E-state index contributed by atoms with van der Waals surface area (Å²) in [6.07, 6.45) is 7.14. The molecule has 2 saturated carbocycles. The largest absolute Gasteiger partial charge is 0.492 e. The summed E-state index contributed by atoms with van der Waals surface area (Å²) in [5.74, 6) is 1.55. The van der Waals surface area contributed by atoms with E-state index in [9.17, 15) is 0 Å². The van der Waals surface area contributed by atoms with E-state index in [0.29, 0.717) is 5.02 Å². The molecule has 0 saturated heterocycles. The lowest BCUT2D eigenvalue weighted by molar-refractivity contribution is 0.299. The van der Waals surface area contributed by atoms with Crippen LogP contribution in [0.5, 0.6) is 5.75 Å². The van der Waals surface area contributed by atoms with Crippen LogP contribution in [0, 0.1) is 5.92 Å². The SMILES string of the molecule is NC1(c2ccc(OCC3CC3)c(Cl)c2)CCCC1. The highest BCUT2D eigenvalue weighted by molar-refractivity contribution is 6.32. The monoisotopic (exact) mass is 265 g/mol. The Morgan fingerprint density at radius 2 is 2.00 bits per heavy atom. The minimum atomic E-state index is -0.168. The number of hydrogen-bond acceptors (Lipinski definition) is 2. The van der Waals surface area contributed by atoms with Gasteiger partial charge >= 0.3 is 0 Å². The van der Waals surface area contributed by atoms with E-state index in [0.717, 1.165) is 36.7 Å². The molecule has 0 unspecified atom stereocenters. The van der Waals surface area contributed by atoms with Crippen LogP contribution in [0.1, 0.15) is 44.1 Å². The van der Waals surface area contributed by atoms with Crippen LogP contribution in [0.15, 0.2) is 18.2 Å². The highest BCUT2D eigenvalue weighted by Crippen LogP contribution is 2.39. The highest BCUT2D eigenvalue weighted by atomic mass is 35.5. The van der Waals surface area contributed by atoms with Gasteiger partial charge in [0.15, 0.2) is 0 Å². The van der Waals surface area contributed by atoms with Crippen LogP contribution < -0.4 is 10.5 Å². The summed E-state index contributed by atoms with van der Waals surface area (Å²) in [4.78, 5) is 0. The van der Waals surface area contributed by atoms with Gasteiger partial charge in [0, 0.05) is 5.54 Å². The van der Waals surface area contributed by atoms with Crippen LogP contribution in [-0.2, 0) is 5.54 Å². The van der Waals surface area contributed by atoms with E-state index in [4.69, 9.17) is 22.1 Å². The van der Waals surface area contributed by atoms with Crippen LogP contribution in [0.25, 0.3) is 0 Å². The van der Waals surface area contributed by atoms with Crippen molar-refractivity contribution >= 4 is 11.6 Å². The fourth-order valence-corrected chi connectivity index (χ4v) is 2.95. The minimum Gasteiger partial charge on any atom is -0.492 e. The Morgan fingerprint density at radius 1 is 1.28 bits per heavy atom. The Kier molecular flexibility index (Phi) is 3.25. The number of rotatable bonds is 4. The molecule has 0 aliphatic heterocycles. The third kappa shape index (κ3) is 2.50. The molecule has 1 aromatic rings. The maximum Gasteiger partial charge on any atom is 0.137 e. The summed E-state index contributed by atoms with van der Waals surface area (Å²) >= 11 is 6.29. The Balaban J connectivity index is 1.74. The maximum atomic E-state index is 6.43. The molecular weight excluding hydrogens is 246 g/mol. The van der Waals surface area contributed by atoms with Gasteiger partial charge in [-0.25, -0.2) is 0 Å². The molecule has 0 radical (unpaired) electrons. The van der Waals surface area contributed by atoms with E-state index in [2.05, 4.69) is 6.07 Å². The summed E-state index contributed by atoms with van der Waals surface area (Å²) in [5, 5.41) is 0.699. The molecule has 1 aromatic carbocycles. The van der Waals surface area contributed by atoms with Crippen LogP contribution in [0.3, 0.4) is 0 Å². The van der Waals surface area contributed by atoms with Crippen LogP contribution in [0.4, 0.5) is 0 Å². The molecular formula is C15H20ClNO. The molecule has 0 spiro atoms. The van der Waals surface area contributed by atoms with Crippen molar-refractivity contribution in [2.75, 3.05) is 6.61 Å². The summed E-state index contributed by atoms with van der Waals surface area (Å²) < 4.78 is 5.74. The molecule has 2 aliphatic rings. The van der Waals surface area contributed by atoms with Crippen molar-refractivity contribution in [2.24, 2.45) is 11.7 Å². The number of ether oxygens (including phenoxy) is 1. The summed E-state index contributed by atoms with van der Waals surface area (Å²) in [5.41, 5.74) is 7.42. The third-order valence-electron chi connectivity index (χ3n) is 4.17. The number of hydrogen-bond donors (Lipinski definition) is 1. The van der Waals surface area contributed by atoms with E-state index < -0.39 is 0 Å². The maximum absolute atomic E-state index is 6.43. The second-order valence-corrected chi connectivity index (χ2v) is 6.17. The lowest BCUT2D eigenvalue weighted by Gasteiger charge is -2.24. The van der Waals surface area contributed by atoms with Crippen molar-refractivity contribution in [2.45, 2.75) is 44.1 Å². The van der Waals surface area contributed by atoms with Gasteiger partial charge in [-0.1, -0.05) is 30.5 Å². The highest BCUT2D eigenvalue weighted by Gasteiger charge is 2.31. The van der Waals surface area contributed by atoms with Crippen molar-refractivity contribution in [1.29, 1.82) is 0 Å². The molecule has 2 nitrogen and oxygen atoms in total. The standard InChI is InChI=1S/C15H20ClNO/c16-13-9-12(15(17)7-1-2-8-15)5-6-14(13)18-10-11-3-4-11/h5-6,9,11H,1-4,7-8,10,17H2. The first-order valence-corrected chi connectivity index (χ1v) is 7.27. The molecule has 2 fully saturated rings. The lowest BCUT2D eigenvalue weighted by atomic mass is 9.89. The first kappa shape index (κ1) is 12.3. The average Bonchev–Trinajstić information content (AvgIpc) is 3.08. The predicted molar refractivity (Wildman–Crippen MR) is 74.0 cm³/mol. The van der Waals surface area contributed by atoms with Gasteiger partial charge in [0.2, 0.25) is 0 Å². The summed E-state index contributed by atoms with van der Waals surface area (Å²) in [7, 11) is 0. The smallest absolute Gasteiger partial charge is 0.137 e. The zero-order chi connectivity index (χ0) is 12.6. The van der Waals surface area contributed by atoms with E-state index in [1.54, 1.807) is 0 Å². The summed E-state index contributed by atoms with van der Waals surface area (Å²) in [6, 6.07) is 6.06. The second kappa shape index (κ2) is 4.75. The minimum absolute atomic E-state index is 0.168. The second-order valence-electron chi connectivity index (χ2n) is 5.76. The van der Waals surface area contributed by atoms with Crippen LogP contribution >= 0.6 is 11.6 Å². The van der Waals surface area contributed by atoms with Gasteiger partial charge in [0.1, 0.15) is 5.75 Å². The quantitative estimate of drug-likeness (QED) is 0.897. The zero-order valence-electron chi connectivity index (χ0n) is 10.6. The lowest BCUT2D eigenvalue weighted by Crippen LogP contribution is -2.32. The number of halogens is 1. The van der Waals surface area contributed by atoms with E-state index in [1.165, 1.54) is 25.7 Å². The number of benzene rings is 1. The molecule has 18 heavy (non-hydrogen) atoms. The van der Waals surface area contributed by atoms with Gasteiger partial charge in [0.25, 0.3) is 0 Å². The van der Waals surface area contributed by atoms with Gasteiger partial charge in [-0.15, -0.1) is 0 Å². The first-order valence-electron chi connectivity index (χ1n) is 6.89. The topological polar surface area (TPSA) is 35.2 Å². The van der Waals surface area contributed by atoms with Gasteiger partial charge in [-0.3, -0.25) is 0 Å². The normalized spacial score (nSPS) is 22.1. The molecule has 0 atom stereocenters.